The Morgan fingerprint density at radius 3 is 1.07 bits per heavy atom. The molecule has 0 saturated heterocycles. The van der Waals surface area contributed by atoms with Crippen molar-refractivity contribution in [1.82, 2.24) is 9.97 Å². The van der Waals surface area contributed by atoms with Crippen LogP contribution in [0, 0.1) is 13.8 Å². The molecule has 14 rings (SSSR count). The maximum atomic E-state index is 5.19. The number of anilines is 6. The fourth-order valence-electron chi connectivity index (χ4n) is 12.5. The largest absolute Gasteiger partial charge is 0.310 e. The molecular weight excluding hydrogens is 873 g/mol. The highest BCUT2D eigenvalue weighted by Gasteiger charge is 2.59. The summed E-state index contributed by atoms with van der Waals surface area (Å²) in [4.78, 5) is 15.3. The molecule has 10 aromatic carbocycles. The molecule has 340 valence electrons. The molecule has 0 atom stereocenters. The minimum absolute atomic E-state index is 0.641. The minimum atomic E-state index is -0.683. The van der Waals surface area contributed by atoms with Crippen LogP contribution in [0.3, 0.4) is 0 Å². The average Bonchev–Trinajstić information content (AvgIpc) is 3.45. The number of aryl methyl sites for hydroxylation is 2. The fourth-order valence-corrected chi connectivity index (χ4v) is 12.5. The molecule has 11 aromatic rings. The molecular formula is C68H48N4. The lowest BCUT2D eigenvalue weighted by molar-refractivity contribution is 0.607. The predicted octanol–water partition coefficient (Wildman–Crippen LogP) is 16.7. The van der Waals surface area contributed by atoms with Crippen LogP contribution in [-0.4, -0.2) is 9.97 Å². The SMILES string of the molecule is Cc1ccc2c(c1)C1(c3cc(C)ccc3N2c2ccc(-c3nc(-c4ccccc4)cc(-c4ccccc4)n3)cc2)c2ccccc2C2(c3ccccc3N(c3ccccc3)c3ccccc32)c2ccccc21. The molecule has 3 aliphatic rings. The van der Waals surface area contributed by atoms with Crippen LogP contribution >= 0.6 is 0 Å². The first-order valence-corrected chi connectivity index (χ1v) is 24.9. The van der Waals surface area contributed by atoms with Gasteiger partial charge in [0.25, 0.3) is 0 Å². The monoisotopic (exact) mass is 920 g/mol. The number of benzene rings is 10. The van der Waals surface area contributed by atoms with Crippen molar-refractivity contribution in [2.45, 2.75) is 24.7 Å². The number of fused-ring (bicyclic) bond motifs is 14. The fraction of sp³-hybridized carbons (Fsp3) is 0.0588. The van der Waals surface area contributed by atoms with Gasteiger partial charge in [-0.15, -0.1) is 0 Å². The Bertz CT molecular complexity index is 3690. The van der Waals surface area contributed by atoms with Crippen LogP contribution in [0.15, 0.2) is 255 Å². The Hall–Kier alpha value is -9.12. The molecule has 4 nitrogen and oxygen atoms in total. The molecule has 0 fully saturated rings. The molecule has 0 radical (unpaired) electrons. The summed E-state index contributed by atoms with van der Waals surface area (Å²) in [6, 6.07) is 93.6. The van der Waals surface area contributed by atoms with Gasteiger partial charge in [0.2, 0.25) is 0 Å². The highest BCUT2D eigenvalue weighted by atomic mass is 15.2. The molecule has 3 heterocycles. The molecule has 4 heteroatoms. The van der Waals surface area contributed by atoms with E-state index in [-0.39, 0.29) is 0 Å². The van der Waals surface area contributed by atoms with Gasteiger partial charge in [-0.2, -0.15) is 0 Å². The van der Waals surface area contributed by atoms with Crippen molar-refractivity contribution in [3.63, 3.8) is 0 Å². The van der Waals surface area contributed by atoms with Crippen LogP contribution in [0.25, 0.3) is 33.9 Å². The van der Waals surface area contributed by atoms with E-state index in [0.29, 0.717) is 5.82 Å². The molecule has 0 saturated carbocycles. The maximum Gasteiger partial charge on any atom is 0.160 e. The zero-order valence-electron chi connectivity index (χ0n) is 40.0. The van der Waals surface area contributed by atoms with Crippen LogP contribution < -0.4 is 9.80 Å². The third-order valence-electron chi connectivity index (χ3n) is 15.4. The third-order valence-corrected chi connectivity index (χ3v) is 15.4. The number of rotatable bonds is 5. The first-order valence-electron chi connectivity index (χ1n) is 24.9. The number of aromatic nitrogens is 2. The normalized spacial score (nSPS) is 14.1. The zero-order chi connectivity index (χ0) is 48.0. The van der Waals surface area contributed by atoms with Gasteiger partial charge in [0, 0.05) is 28.1 Å². The quantitative estimate of drug-likeness (QED) is 0.172. The molecule has 0 amide bonds. The predicted molar refractivity (Wildman–Crippen MR) is 294 cm³/mol. The van der Waals surface area contributed by atoms with Gasteiger partial charge >= 0.3 is 0 Å². The molecule has 0 bridgehead atoms. The van der Waals surface area contributed by atoms with Gasteiger partial charge in [0.1, 0.15) is 0 Å². The van der Waals surface area contributed by atoms with E-state index in [1.165, 1.54) is 67.0 Å². The summed E-state index contributed by atoms with van der Waals surface area (Å²) in [7, 11) is 0. The third kappa shape index (κ3) is 5.99. The summed E-state index contributed by atoms with van der Waals surface area (Å²) in [6.45, 7) is 4.47. The van der Waals surface area contributed by atoms with E-state index >= 15 is 0 Å². The Kier molecular flexibility index (Phi) is 9.43. The van der Waals surface area contributed by atoms with Crippen molar-refractivity contribution < 1.29 is 0 Å². The van der Waals surface area contributed by atoms with Gasteiger partial charge in [-0.25, -0.2) is 9.97 Å². The van der Waals surface area contributed by atoms with Crippen LogP contribution in [-0.2, 0) is 10.8 Å². The van der Waals surface area contributed by atoms with Crippen molar-refractivity contribution in [2.75, 3.05) is 9.80 Å². The molecule has 2 aliphatic heterocycles. The van der Waals surface area contributed by atoms with Crippen LogP contribution in [0.5, 0.6) is 0 Å². The van der Waals surface area contributed by atoms with Gasteiger partial charge in [-0.3, -0.25) is 0 Å². The molecule has 0 N–H and O–H groups in total. The van der Waals surface area contributed by atoms with Crippen LogP contribution in [0.2, 0.25) is 0 Å². The molecule has 1 aliphatic carbocycles. The summed E-state index contributed by atoms with van der Waals surface area (Å²) >= 11 is 0. The van der Waals surface area contributed by atoms with Crippen LogP contribution in [0.1, 0.15) is 55.6 Å². The van der Waals surface area contributed by atoms with Crippen molar-refractivity contribution >= 4 is 34.1 Å². The highest BCUT2D eigenvalue weighted by Crippen LogP contribution is 2.68. The number of nitrogens with zero attached hydrogens (tertiary/aromatic N) is 4. The van der Waals surface area contributed by atoms with Gasteiger partial charge in [-0.1, -0.05) is 199 Å². The van der Waals surface area contributed by atoms with Crippen molar-refractivity contribution in [1.29, 1.82) is 0 Å². The summed E-state index contributed by atoms with van der Waals surface area (Å²) in [5.74, 6) is 0.688. The molecule has 2 spiro atoms. The Labute approximate surface area is 420 Å². The summed E-state index contributed by atoms with van der Waals surface area (Å²) in [6.07, 6.45) is 0. The molecule has 72 heavy (non-hydrogen) atoms. The number of hydrogen-bond donors (Lipinski definition) is 0. The highest BCUT2D eigenvalue weighted by molar-refractivity contribution is 5.95. The average molecular weight is 921 g/mol. The van der Waals surface area contributed by atoms with Gasteiger partial charge in [0.05, 0.1) is 45.0 Å². The number of para-hydroxylation sites is 3. The maximum absolute atomic E-state index is 5.19. The summed E-state index contributed by atoms with van der Waals surface area (Å²) in [5.41, 5.74) is 23.0. The van der Waals surface area contributed by atoms with E-state index in [1.807, 2.05) is 12.1 Å². The molecule has 1 aromatic heterocycles. The van der Waals surface area contributed by atoms with Crippen molar-refractivity contribution in [2.24, 2.45) is 0 Å². The zero-order valence-corrected chi connectivity index (χ0v) is 40.0. The van der Waals surface area contributed by atoms with Gasteiger partial charge in [0.15, 0.2) is 5.82 Å². The van der Waals surface area contributed by atoms with Gasteiger partial charge < -0.3 is 9.80 Å². The second kappa shape index (κ2) is 16.2. The molecule has 0 unspecified atom stereocenters. The Morgan fingerprint density at radius 1 is 0.278 bits per heavy atom. The first-order chi connectivity index (χ1) is 35.5. The second-order valence-electron chi connectivity index (χ2n) is 19.4. The van der Waals surface area contributed by atoms with E-state index < -0.39 is 10.8 Å². The van der Waals surface area contributed by atoms with Crippen molar-refractivity contribution in [3.05, 3.63) is 310 Å². The second-order valence-corrected chi connectivity index (χ2v) is 19.4. The first kappa shape index (κ1) is 41.8. The van der Waals surface area contributed by atoms with E-state index in [0.717, 1.165) is 50.8 Å². The van der Waals surface area contributed by atoms with Gasteiger partial charge in [-0.05, 0) is 125 Å². The standard InChI is InChI=1S/C68H48N4/c1-45-34-40-64-58(42-45)68(59-43-46(2)35-41-65(59)72(64)51-38-36-49(37-39-51)66-69-60(47-20-6-3-7-21-47)44-61(70-66)48-22-8-4-9-23-48)54-28-14-12-26-52(54)67(53-27-13-15-29-55(53)68)56-30-16-18-32-62(56)71(50-24-10-5-11-25-50)63-33-19-17-31-57(63)67/h3-44H,1-2H3. The Balaban J connectivity index is 0.993. The van der Waals surface area contributed by atoms with E-state index in [1.54, 1.807) is 0 Å². The van der Waals surface area contributed by atoms with Crippen LogP contribution in [0.4, 0.5) is 34.1 Å². The number of hydrogen-bond acceptors (Lipinski definition) is 4. The van der Waals surface area contributed by atoms with Crippen molar-refractivity contribution in [3.8, 4) is 33.9 Å². The minimum Gasteiger partial charge on any atom is -0.310 e. The Morgan fingerprint density at radius 2 is 0.625 bits per heavy atom. The van der Waals surface area contributed by atoms with E-state index in [9.17, 15) is 0 Å². The van der Waals surface area contributed by atoms with E-state index in [4.69, 9.17) is 9.97 Å². The topological polar surface area (TPSA) is 32.3 Å². The lowest BCUT2D eigenvalue weighted by Crippen LogP contribution is -2.49. The smallest absolute Gasteiger partial charge is 0.160 e. The lowest BCUT2D eigenvalue weighted by Gasteiger charge is -2.56. The summed E-state index contributed by atoms with van der Waals surface area (Å²) < 4.78 is 0. The summed E-state index contributed by atoms with van der Waals surface area (Å²) in [5, 5.41) is 0. The lowest BCUT2D eigenvalue weighted by atomic mass is 9.49. The van der Waals surface area contributed by atoms with E-state index in [2.05, 4.69) is 266 Å².